The molecule has 0 saturated carbocycles. The maximum Gasteiger partial charge on any atom is 0.220 e. The van der Waals surface area contributed by atoms with E-state index in [9.17, 15) is 4.79 Å². The second-order valence-corrected chi connectivity index (χ2v) is 6.31. The summed E-state index contributed by atoms with van der Waals surface area (Å²) in [7, 11) is 0. The number of aromatic nitrogens is 2. The zero-order valence-corrected chi connectivity index (χ0v) is 15.3. The molecule has 5 nitrogen and oxygen atoms in total. The molecular formula is C21H25N3O2. The van der Waals surface area contributed by atoms with Crippen LogP contribution < -0.4 is 10.1 Å². The molecule has 0 aliphatic carbocycles. The van der Waals surface area contributed by atoms with Crippen molar-refractivity contribution in [1.82, 2.24) is 14.9 Å². The Kier molecular flexibility index (Phi) is 5.89. The van der Waals surface area contributed by atoms with Gasteiger partial charge in [-0.1, -0.05) is 37.3 Å². The Morgan fingerprint density at radius 3 is 2.65 bits per heavy atom. The summed E-state index contributed by atoms with van der Waals surface area (Å²) in [6.45, 7) is 5.18. The highest BCUT2D eigenvalue weighted by molar-refractivity contribution is 5.78. The van der Waals surface area contributed by atoms with E-state index < -0.39 is 0 Å². The zero-order chi connectivity index (χ0) is 18.4. The molecule has 0 radical (unpaired) electrons. The van der Waals surface area contributed by atoms with Gasteiger partial charge < -0.3 is 14.6 Å². The van der Waals surface area contributed by atoms with E-state index in [1.165, 1.54) is 0 Å². The number of benzene rings is 2. The fourth-order valence-electron chi connectivity index (χ4n) is 3.04. The Balaban J connectivity index is 1.79. The molecular weight excluding hydrogens is 326 g/mol. The summed E-state index contributed by atoms with van der Waals surface area (Å²) >= 11 is 0. The maximum atomic E-state index is 12.0. The predicted octanol–water partition coefficient (Wildman–Crippen LogP) is 4.09. The third-order valence-corrected chi connectivity index (χ3v) is 4.25. The maximum absolute atomic E-state index is 12.0. The number of nitrogens with zero attached hydrogens (tertiary/aromatic N) is 2. The van der Waals surface area contributed by atoms with Crippen molar-refractivity contribution in [3.05, 3.63) is 60.4 Å². The summed E-state index contributed by atoms with van der Waals surface area (Å²) in [6.07, 6.45) is 1.36. The van der Waals surface area contributed by atoms with E-state index >= 15 is 0 Å². The zero-order valence-electron chi connectivity index (χ0n) is 15.3. The first-order valence-electron chi connectivity index (χ1n) is 9.11. The van der Waals surface area contributed by atoms with Gasteiger partial charge in [0, 0.05) is 6.42 Å². The summed E-state index contributed by atoms with van der Waals surface area (Å²) in [4.78, 5) is 16.7. The Morgan fingerprint density at radius 1 is 1.15 bits per heavy atom. The number of hydrogen-bond donors (Lipinski definition) is 1. The number of amides is 1. The molecule has 5 heteroatoms. The molecule has 1 unspecified atom stereocenters. The molecule has 1 aromatic heterocycles. The predicted molar refractivity (Wildman–Crippen MR) is 103 cm³/mol. The minimum atomic E-state index is -0.154. The fraction of sp³-hybridized carbons (Fsp3) is 0.333. The van der Waals surface area contributed by atoms with Crippen molar-refractivity contribution < 1.29 is 9.53 Å². The van der Waals surface area contributed by atoms with Crippen molar-refractivity contribution >= 4 is 16.9 Å². The van der Waals surface area contributed by atoms with E-state index in [1.807, 2.05) is 62.4 Å². The van der Waals surface area contributed by atoms with E-state index in [0.29, 0.717) is 19.6 Å². The SMILES string of the molecule is CCCC(=O)NC(C)c1nc2ccccc2n1CCOc1ccccc1. The van der Waals surface area contributed by atoms with Crippen LogP contribution in [0.15, 0.2) is 54.6 Å². The Bertz CT molecular complexity index is 858. The van der Waals surface area contributed by atoms with E-state index in [1.54, 1.807) is 0 Å². The standard InChI is InChI=1S/C21H25N3O2/c1-3-9-20(25)22-16(2)21-23-18-12-7-8-13-19(18)24(21)14-15-26-17-10-5-4-6-11-17/h4-8,10-13,16H,3,9,14-15H2,1-2H3,(H,22,25). The summed E-state index contributed by atoms with van der Waals surface area (Å²) in [5.41, 5.74) is 1.98. The van der Waals surface area contributed by atoms with Gasteiger partial charge in [0.1, 0.15) is 18.2 Å². The molecule has 1 atom stereocenters. The highest BCUT2D eigenvalue weighted by atomic mass is 16.5. The van der Waals surface area contributed by atoms with Gasteiger partial charge >= 0.3 is 0 Å². The number of carbonyl (C=O) groups excluding carboxylic acids is 1. The number of carbonyl (C=O) groups is 1. The minimum Gasteiger partial charge on any atom is -0.492 e. The van der Waals surface area contributed by atoms with Gasteiger partial charge in [-0.25, -0.2) is 4.98 Å². The van der Waals surface area contributed by atoms with Crippen molar-refractivity contribution in [3.63, 3.8) is 0 Å². The Labute approximate surface area is 154 Å². The summed E-state index contributed by atoms with van der Waals surface area (Å²) in [5.74, 6) is 1.76. The van der Waals surface area contributed by atoms with Crippen molar-refractivity contribution in [2.24, 2.45) is 0 Å². The minimum absolute atomic E-state index is 0.0548. The molecule has 1 N–H and O–H groups in total. The topological polar surface area (TPSA) is 56.2 Å². The molecule has 0 aliphatic rings. The highest BCUT2D eigenvalue weighted by Gasteiger charge is 2.18. The van der Waals surface area contributed by atoms with E-state index in [2.05, 4.69) is 16.0 Å². The molecule has 1 heterocycles. The number of fused-ring (bicyclic) bond motifs is 1. The molecule has 26 heavy (non-hydrogen) atoms. The lowest BCUT2D eigenvalue weighted by Crippen LogP contribution is -2.28. The van der Waals surface area contributed by atoms with Gasteiger partial charge in [0.2, 0.25) is 5.91 Å². The van der Waals surface area contributed by atoms with Crippen LogP contribution in [0.3, 0.4) is 0 Å². The van der Waals surface area contributed by atoms with Gasteiger partial charge in [-0.3, -0.25) is 4.79 Å². The second kappa shape index (κ2) is 8.52. The molecule has 2 aromatic carbocycles. The molecule has 1 amide bonds. The van der Waals surface area contributed by atoms with Crippen molar-refractivity contribution in [1.29, 1.82) is 0 Å². The van der Waals surface area contributed by atoms with E-state index in [4.69, 9.17) is 9.72 Å². The summed E-state index contributed by atoms with van der Waals surface area (Å²) < 4.78 is 7.98. The lowest BCUT2D eigenvalue weighted by atomic mass is 10.2. The van der Waals surface area contributed by atoms with E-state index in [0.717, 1.165) is 29.0 Å². The highest BCUT2D eigenvalue weighted by Crippen LogP contribution is 2.21. The fourth-order valence-corrected chi connectivity index (χ4v) is 3.04. The van der Waals surface area contributed by atoms with Gasteiger partial charge in [0.25, 0.3) is 0 Å². The van der Waals surface area contributed by atoms with Gasteiger partial charge in [0.15, 0.2) is 0 Å². The van der Waals surface area contributed by atoms with Crippen LogP contribution in [0, 0.1) is 0 Å². The third-order valence-electron chi connectivity index (χ3n) is 4.25. The molecule has 0 fully saturated rings. The molecule has 0 bridgehead atoms. The molecule has 3 rings (SSSR count). The Morgan fingerprint density at radius 2 is 1.88 bits per heavy atom. The monoisotopic (exact) mass is 351 g/mol. The van der Waals surface area contributed by atoms with Gasteiger partial charge in [-0.15, -0.1) is 0 Å². The lowest BCUT2D eigenvalue weighted by Gasteiger charge is -2.16. The van der Waals surface area contributed by atoms with Crippen LogP contribution in [0.4, 0.5) is 0 Å². The number of para-hydroxylation sites is 3. The average molecular weight is 351 g/mol. The smallest absolute Gasteiger partial charge is 0.220 e. The average Bonchev–Trinajstić information content (AvgIpc) is 3.02. The van der Waals surface area contributed by atoms with Crippen LogP contribution in [0.5, 0.6) is 5.75 Å². The quantitative estimate of drug-likeness (QED) is 0.665. The first kappa shape index (κ1) is 18.0. The normalized spacial score (nSPS) is 12.1. The van der Waals surface area contributed by atoms with Crippen molar-refractivity contribution in [2.45, 2.75) is 39.3 Å². The second-order valence-electron chi connectivity index (χ2n) is 6.31. The van der Waals surface area contributed by atoms with Crippen LogP contribution in [0.1, 0.15) is 38.6 Å². The molecule has 0 aliphatic heterocycles. The number of imidazole rings is 1. The lowest BCUT2D eigenvalue weighted by molar-refractivity contribution is -0.121. The van der Waals surface area contributed by atoms with Gasteiger partial charge in [-0.2, -0.15) is 0 Å². The van der Waals surface area contributed by atoms with Crippen LogP contribution in [0.2, 0.25) is 0 Å². The van der Waals surface area contributed by atoms with Crippen LogP contribution in [-0.2, 0) is 11.3 Å². The molecule has 136 valence electrons. The van der Waals surface area contributed by atoms with Crippen LogP contribution >= 0.6 is 0 Å². The number of rotatable bonds is 8. The first-order valence-corrected chi connectivity index (χ1v) is 9.11. The van der Waals surface area contributed by atoms with Crippen molar-refractivity contribution in [3.8, 4) is 5.75 Å². The van der Waals surface area contributed by atoms with E-state index in [-0.39, 0.29) is 11.9 Å². The third kappa shape index (κ3) is 4.23. The molecule has 0 saturated heterocycles. The van der Waals surface area contributed by atoms with Gasteiger partial charge in [-0.05, 0) is 37.6 Å². The largest absolute Gasteiger partial charge is 0.492 e. The number of hydrogen-bond acceptors (Lipinski definition) is 3. The number of ether oxygens (including phenoxy) is 1. The van der Waals surface area contributed by atoms with Crippen LogP contribution in [-0.4, -0.2) is 22.1 Å². The molecule has 3 aromatic rings. The Hall–Kier alpha value is -2.82. The first-order chi connectivity index (χ1) is 12.7. The summed E-state index contributed by atoms with van der Waals surface area (Å²) in [5, 5.41) is 3.04. The summed E-state index contributed by atoms with van der Waals surface area (Å²) in [6, 6.07) is 17.6. The van der Waals surface area contributed by atoms with Gasteiger partial charge in [0.05, 0.1) is 23.6 Å². The number of nitrogens with one attached hydrogen (secondary N) is 1. The van der Waals surface area contributed by atoms with Crippen LogP contribution in [0.25, 0.3) is 11.0 Å². The van der Waals surface area contributed by atoms with Crippen molar-refractivity contribution in [2.75, 3.05) is 6.61 Å². The molecule has 0 spiro atoms.